The van der Waals surface area contributed by atoms with E-state index in [0.29, 0.717) is 6.54 Å². The number of likely N-dealkylation sites (tertiary alicyclic amines) is 1. The maximum Gasteiger partial charge on any atom is 0.220 e. The summed E-state index contributed by atoms with van der Waals surface area (Å²) in [5, 5.41) is 9.00. The zero-order valence-corrected chi connectivity index (χ0v) is 15.9. The smallest absolute Gasteiger partial charge is 0.220 e. The molecular weight excluding hydrogens is 350 g/mol. The second-order valence-corrected chi connectivity index (χ2v) is 7.66. The molecule has 142 valence electrons. The molecule has 0 saturated carbocycles. The summed E-state index contributed by atoms with van der Waals surface area (Å²) >= 11 is 0. The Morgan fingerprint density at radius 3 is 2.39 bits per heavy atom. The van der Waals surface area contributed by atoms with Gasteiger partial charge in [0.1, 0.15) is 5.69 Å². The number of aromatic nitrogens is 3. The molecule has 1 saturated heterocycles. The van der Waals surface area contributed by atoms with Gasteiger partial charge in [-0.2, -0.15) is 0 Å². The molecule has 5 rings (SSSR count). The van der Waals surface area contributed by atoms with Crippen LogP contribution in [0, 0.1) is 0 Å². The van der Waals surface area contributed by atoms with Crippen molar-refractivity contribution in [1.82, 2.24) is 24.8 Å². The van der Waals surface area contributed by atoms with E-state index in [2.05, 4.69) is 44.2 Å². The molecule has 2 aliphatic rings. The van der Waals surface area contributed by atoms with Gasteiger partial charge >= 0.3 is 0 Å². The van der Waals surface area contributed by atoms with E-state index < -0.39 is 0 Å². The van der Waals surface area contributed by atoms with Gasteiger partial charge in [0, 0.05) is 32.1 Å². The molecule has 0 bridgehead atoms. The monoisotopic (exact) mass is 373 g/mol. The first-order chi connectivity index (χ1) is 13.7. The van der Waals surface area contributed by atoms with E-state index in [0.717, 1.165) is 36.6 Å². The predicted molar refractivity (Wildman–Crippen MR) is 106 cm³/mol. The molecule has 28 heavy (non-hydrogen) atoms. The number of hydrogen-bond donors (Lipinski definition) is 0. The summed E-state index contributed by atoms with van der Waals surface area (Å²) < 4.78 is 2.07. The van der Waals surface area contributed by atoms with Crippen LogP contribution >= 0.6 is 0 Å². The lowest BCUT2D eigenvalue weighted by Gasteiger charge is -2.36. The largest absolute Gasteiger partial charge is 0.330 e. The third-order valence-electron chi connectivity index (χ3n) is 5.86. The van der Waals surface area contributed by atoms with Gasteiger partial charge in [-0.25, -0.2) is 4.68 Å². The first-order valence-corrected chi connectivity index (χ1v) is 9.73. The molecule has 3 aromatic rings. The summed E-state index contributed by atoms with van der Waals surface area (Å²) in [5.74, 6) is 0.114. The van der Waals surface area contributed by atoms with E-state index in [-0.39, 0.29) is 18.0 Å². The summed E-state index contributed by atoms with van der Waals surface area (Å²) in [6.07, 6.45) is 0. The lowest BCUT2D eigenvalue weighted by molar-refractivity contribution is -0.133. The summed E-state index contributed by atoms with van der Waals surface area (Å²) in [6, 6.07) is 20.9. The first-order valence-electron chi connectivity index (χ1n) is 9.73. The van der Waals surface area contributed by atoms with Crippen molar-refractivity contribution >= 4 is 5.91 Å². The van der Waals surface area contributed by atoms with Crippen molar-refractivity contribution in [1.29, 1.82) is 0 Å². The molecule has 2 aliphatic heterocycles. The van der Waals surface area contributed by atoms with Crippen molar-refractivity contribution in [2.75, 3.05) is 13.1 Å². The highest BCUT2D eigenvalue weighted by Gasteiger charge is 2.44. The Morgan fingerprint density at radius 2 is 1.68 bits per heavy atom. The number of carbonyl (C=O) groups is 1. The van der Waals surface area contributed by atoms with Crippen LogP contribution in [0.4, 0.5) is 0 Å². The van der Waals surface area contributed by atoms with Gasteiger partial charge in [-0.1, -0.05) is 65.9 Å². The summed E-state index contributed by atoms with van der Waals surface area (Å²) in [7, 11) is 0. The molecule has 3 heterocycles. The number of hydrogen-bond acceptors (Lipinski definition) is 4. The minimum absolute atomic E-state index is 0.114. The average molecular weight is 373 g/mol. The Balaban J connectivity index is 1.48. The van der Waals surface area contributed by atoms with Crippen LogP contribution in [0.1, 0.15) is 24.2 Å². The van der Waals surface area contributed by atoms with Crippen molar-refractivity contribution < 1.29 is 4.79 Å². The highest BCUT2D eigenvalue weighted by atomic mass is 16.2. The quantitative estimate of drug-likeness (QED) is 0.708. The van der Waals surface area contributed by atoms with Gasteiger partial charge in [-0.15, -0.1) is 5.10 Å². The molecule has 1 fully saturated rings. The SMILES string of the molecule is CC(=O)N1Cc2c(-c3ccccc3)nnn2C2CN(Cc3ccccc3)CC21. The lowest BCUT2D eigenvalue weighted by atomic mass is 10.0. The van der Waals surface area contributed by atoms with Crippen molar-refractivity contribution in [3.05, 3.63) is 71.9 Å². The second-order valence-electron chi connectivity index (χ2n) is 7.66. The number of amides is 1. The first kappa shape index (κ1) is 17.1. The Morgan fingerprint density at radius 1 is 1.00 bits per heavy atom. The maximum absolute atomic E-state index is 12.4. The molecule has 2 atom stereocenters. The van der Waals surface area contributed by atoms with E-state index in [1.165, 1.54) is 5.56 Å². The van der Waals surface area contributed by atoms with Crippen molar-refractivity contribution in [3.63, 3.8) is 0 Å². The van der Waals surface area contributed by atoms with Gasteiger partial charge in [0.25, 0.3) is 0 Å². The Labute approximate surface area is 164 Å². The second kappa shape index (κ2) is 6.87. The summed E-state index contributed by atoms with van der Waals surface area (Å²) in [5.41, 5.74) is 4.25. The van der Waals surface area contributed by atoms with Crippen LogP contribution in [-0.2, 0) is 17.9 Å². The maximum atomic E-state index is 12.4. The van der Waals surface area contributed by atoms with Gasteiger partial charge in [0.15, 0.2) is 0 Å². The van der Waals surface area contributed by atoms with E-state index in [1.807, 2.05) is 41.3 Å². The summed E-state index contributed by atoms with van der Waals surface area (Å²) in [4.78, 5) is 16.9. The third-order valence-corrected chi connectivity index (χ3v) is 5.86. The van der Waals surface area contributed by atoms with E-state index in [1.54, 1.807) is 6.92 Å². The molecule has 2 aromatic carbocycles. The Kier molecular flexibility index (Phi) is 4.20. The lowest BCUT2D eigenvalue weighted by Crippen LogP contribution is -2.48. The molecular formula is C22H23N5O. The van der Waals surface area contributed by atoms with E-state index in [4.69, 9.17) is 0 Å². The van der Waals surface area contributed by atoms with Crippen LogP contribution in [0.2, 0.25) is 0 Å². The van der Waals surface area contributed by atoms with Crippen LogP contribution in [-0.4, -0.2) is 49.8 Å². The van der Waals surface area contributed by atoms with Crippen LogP contribution < -0.4 is 0 Å². The summed E-state index contributed by atoms with van der Waals surface area (Å²) in [6.45, 7) is 4.84. The fourth-order valence-electron chi connectivity index (χ4n) is 4.54. The average Bonchev–Trinajstić information content (AvgIpc) is 3.32. The molecule has 6 nitrogen and oxygen atoms in total. The highest BCUT2D eigenvalue weighted by Crippen LogP contribution is 2.36. The molecule has 0 spiro atoms. The van der Waals surface area contributed by atoms with Crippen molar-refractivity contribution in [3.8, 4) is 11.3 Å². The number of rotatable bonds is 3. The van der Waals surface area contributed by atoms with Gasteiger partial charge in [0.2, 0.25) is 5.91 Å². The van der Waals surface area contributed by atoms with Gasteiger partial charge in [0.05, 0.1) is 24.3 Å². The third kappa shape index (κ3) is 2.90. The molecule has 0 radical (unpaired) electrons. The van der Waals surface area contributed by atoms with Crippen LogP contribution in [0.25, 0.3) is 11.3 Å². The normalized spacial score (nSPS) is 21.4. The Hall–Kier alpha value is -2.99. The van der Waals surface area contributed by atoms with E-state index in [9.17, 15) is 4.79 Å². The molecule has 1 amide bonds. The molecule has 0 aliphatic carbocycles. The molecule has 1 aromatic heterocycles. The van der Waals surface area contributed by atoms with E-state index >= 15 is 0 Å². The topological polar surface area (TPSA) is 54.3 Å². The van der Waals surface area contributed by atoms with Gasteiger partial charge < -0.3 is 4.90 Å². The fourth-order valence-corrected chi connectivity index (χ4v) is 4.54. The van der Waals surface area contributed by atoms with Gasteiger partial charge in [-0.3, -0.25) is 9.69 Å². The van der Waals surface area contributed by atoms with Crippen LogP contribution in [0.15, 0.2) is 60.7 Å². The fraction of sp³-hybridized carbons (Fsp3) is 0.318. The zero-order chi connectivity index (χ0) is 19.1. The predicted octanol–water partition coefficient (Wildman–Crippen LogP) is 2.73. The number of benzene rings is 2. The molecule has 0 N–H and O–H groups in total. The highest BCUT2D eigenvalue weighted by molar-refractivity contribution is 5.74. The number of carbonyl (C=O) groups excluding carboxylic acids is 1. The minimum atomic E-state index is 0.114. The molecule has 6 heteroatoms. The number of nitrogens with zero attached hydrogens (tertiary/aromatic N) is 5. The van der Waals surface area contributed by atoms with Crippen LogP contribution in [0.3, 0.4) is 0 Å². The standard InChI is InChI=1S/C22H23N5O/c1-16(28)26-15-21-22(18-10-6-3-7-11-18)23-24-27(21)20-14-25(13-19(20)26)12-17-8-4-2-5-9-17/h2-11,19-20H,12-15H2,1H3. The van der Waals surface area contributed by atoms with Crippen molar-refractivity contribution in [2.45, 2.75) is 32.1 Å². The van der Waals surface area contributed by atoms with Gasteiger partial charge in [-0.05, 0) is 5.56 Å². The van der Waals surface area contributed by atoms with Crippen molar-refractivity contribution in [2.24, 2.45) is 0 Å². The zero-order valence-electron chi connectivity index (χ0n) is 15.9. The van der Waals surface area contributed by atoms with Crippen LogP contribution in [0.5, 0.6) is 0 Å². The molecule has 2 unspecified atom stereocenters. The Bertz CT molecular complexity index is 985. The number of fused-ring (bicyclic) bond motifs is 3. The minimum Gasteiger partial charge on any atom is -0.330 e.